The number of hydrogen-bond acceptors (Lipinski definition) is 0. The molecule has 0 aliphatic heterocycles. The molecular formula is C27H26. The van der Waals surface area contributed by atoms with Gasteiger partial charge in [0.15, 0.2) is 0 Å². The second kappa shape index (κ2) is 6.85. The van der Waals surface area contributed by atoms with Crippen LogP contribution in [0.2, 0.25) is 0 Å². The average Bonchev–Trinajstić information content (AvgIpc) is 3.30. The molecule has 0 spiro atoms. The van der Waals surface area contributed by atoms with Crippen molar-refractivity contribution >= 4 is 6.08 Å². The van der Waals surface area contributed by atoms with Crippen LogP contribution in [0.1, 0.15) is 58.2 Å². The first-order valence-corrected chi connectivity index (χ1v) is 10.3. The molecule has 27 heavy (non-hydrogen) atoms. The molecule has 0 bridgehead atoms. The molecule has 0 saturated heterocycles. The maximum atomic E-state index is 2.52. The first kappa shape index (κ1) is 16.6. The van der Waals surface area contributed by atoms with E-state index in [9.17, 15) is 0 Å². The van der Waals surface area contributed by atoms with Crippen molar-refractivity contribution in [2.24, 2.45) is 0 Å². The van der Waals surface area contributed by atoms with E-state index in [4.69, 9.17) is 0 Å². The van der Waals surface area contributed by atoms with Crippen molar-refractivity contribution < 1.29 is 0 Å². The standard InChI is InChI=1S/C27H26/c1-19-16-21-10-5-6-12-26(21)27(19)24-17-22-11-7-13-25(22)23(18-24)15-14-20-8-3-2-4-9-20/h2-6,8-10,12,16-18,27H,7,11,13-15H2,1H3. The van der Waals surface area contributed by atoms with Gasteiger partial charge < -0.3 is 0 Å². The van der Waals surface area contributed by atoms with Crippen molar-refractivity contribution in [2.45, 2.75) is 44.9 Å². The summed E-state index contributed by atoms with van der Waals surface area (Å²) in [5, 5.41) is 0. The Morgan fingerprint density at radius 2 is 1.67 bits per heavy atom. The maximum absolute atomic E-state index is 2.52. The fourth-order valence-electron chi connectivity index (χ4n) is 5.06. The van der Waals surface area contributed by atoms with Gasteiger partial charge in [0.05, 0.1) is 0 Å². The molecule has 0 N–H and O–H groups in total. The van der Waals surface area contributed by atoms with Gasteiger partial charge in [0.25, 0.3) is 0 Å². The monoisotopic (exact) mass is 350 g/mol. The van der Waals surface area contributed by atoms with Gasteiger partial charge in [0.1, 0.15) is 0 Å². The Morgan fingerprint density at radius 3 is 2.56 bits per heavy atom. The molecule has 0 radical (unpaired) electrons. The average molecular weight is 351 g/mol. The predicted molar refractivity (Wildman–Crippen MR) is 114 cm³/mol. The van der Waals surface area contributed by atoms with Gasteiger partial charge in [0, 0.05) is 5.92 Å². The number of rotatable bonds is 4. The highest BCUT2D eigenvalue weighted by Gasteiger charge is 2.26. The van der Waals surface area contributed by atoms with Gasteiger partial charge in [0.2, 0.25) is 0 Å². The van der Waals surface area contributed by atoms with Crippen LogP contribution >= 0.6 is 0 Å². The molecule has 2 aliphatic rings. The largest absolute Gasteiger partial charge is 0.0622 e. The number of aryl methyl sites for hydroxylation is 3. The van der Waals surface area contributed by atoms with Gasteiger partial charge in [-0.15, -0.1) is 0 Å². The molecule has 0 fully saturated rings. The van der Waals surface area contributed by atoms with E-state index in [1.54, 1.807) is 16.7 Å². The zero-order valence-corrected chi connectivity index (χ0v) is 16.0. The van der Waals surface area contributed by atoms with Crippen LogP contribution in [-0.2, 0) is 25.7 Å². The highest BCUT2D eigenvalue weighted by atomic mass is 14.3. The highest BCUT2D eigenvalue weighted by Crippen LogP contribution is 2.42. The summed E-state index contributed by atoms with van der Waals surface area (Å²) in [6.45, 7) is 2.29. The molecule has 0 aromatic heterocycles. The van der Waals surface area contributed by atoms with Crippen LogP contribution in [0.25, 0.3) is 6.08 Å². The van der Waals surface area contributed by atoms with Gasteiger partial charge in [-0.25, -0.2) is 0 Å². The molecule has 3 aromatic carbocycles. The summed E-state index contributed by atoms with van der Waals surface area (Å²) in [4.78, 5) is 0. The molecule has 5 rings (SSSR count). The molecule has 0 heterocycles. The lowest BCUT2D eigenvalue weighted by Crippen LogP contribution is -2.04. The first-order chi connectivity index (χ1) is 13.3. The minimum atomic E-state index is 0.433. The van der Waals surface area contributed by atoms with Crippen molar-refractivity contribution in [2.75, 3.05) is 0 Å². The van der Waals surface area contributed by atoms with Crippen LogP contribution in [0.3, 0.4) is 0 Å². The number of hydrogen-bond donors (Lipinski definition) is 0. The predicted octanol–water partition coefficient (Wildman–Crippen LogP) is 6.51. The Bertz CT molecular complexity index is 1010. The van der Waals surface area contributed by atoms with E-state index in [-0.39, 0.29) is 0 Å². The second-order valence-corrected chi connectivity index (χ2v) is 8.11. The van der Waals surface area contributed by atoms with Gasteiger partial charge >= 0.3 is 0 Å². The molecule has 0 nitrogen and oxygen atoms in total. The molecule has 0 heteroatoms. The van der Waals surface area contributed by atoms with Crippen molar-refractivity contribution in [3.8, 4) is 0 Å². The third-order valence-corrected chi connectivity index (χ3v) is 6.33. The van der Waals surface area contributed by atoms with Crippen LogP contribution in [0.4, 0.5) is 0 Å². The zero-order chi connectivity index (χ0) is 18.2. The zero-order valence-electron chi connectivity index (χ0n) is 16.0. The molecule has 134 valence electrons. The molecule has 3 aromatic rings. The molecule has 0 amide bonds. The van der Waals surface area contributed by atoms with Gasteiger partial charge in [-0.3, -0.25) is 0 Å². The van der Waals surface area contributed by atoms with E-state index in [2.05, 4.69) is 79.7 Å². The van der Waals surface area contributed by atoms with Crippen LogP contribution in [-0.4, -0.2) is 0 Å². The van der Waals surface area contributed by atoms with E-state index in [0.29, 0.717) is 5.92 Å². The summed E-state index contributed by atoms with van der Waals surface area (Å²) in [7, 11) is 0. The lowest BCUT2D eigenvalue weighted by Gasteiger charge is -2.19. The third kappa shape index (κ3) is 3.04. The van der Waals surface area contributed by atoms with Crippen LogP contribution in [0.5, 0.6) is 0 Å². The highest BCUT2D eigenvalue weighted by molar-refractivity contribution is 5.69. The Morgan fingerprint density at radius 1 is 0.852 bits per heavy atom. The van der Waals surface area contributed by atoms with Crippen LogP contribution in [0, 0.1) is 0 Å². The lowest BCUT2D eigenvalue weighted by molar-refractivity contribution is 0.891. The van der Waals surface area contributed by atoms with Gasteiger partial charge in [-0.2, -0.15) is 0 Å². The molecule has 1 atom stereocenters. The fraction of sp³-hybridized carbons (Fsp3) is 0.259. The van der Waals surface area contributed by atoms with E-state index in [1.165, 1.54) is 47.1 Å². The molecule has 2 aliphatic carbocycles. The Balaban J connectivity index is 1.52. The summed E-state index contributed by atoms with van der Waals surface area (Å²) < 4.78 is 0. The van der Waals surface area contributed by atoms with Crippen molar-refractivity contribution in [3.63, 3.8) is 0 Å². The second-order valence-electron chi connectivity index (χ2n) is 8.11. The normalized spacial score (nSPS) is 17.5. The summed E-state index contributed by atoms with van der Waals surface area (Å²) in [5.41, 5.74) is 12.1. The number of fused-ring (bicyclic) bond motifs is 2. The summed E-state index contributed by atoms with van der Waals surface area (Å²) in [5.74, 6) is 0.433. The van der Waals surface area contributed by atoms with E-state index in [0.717, 1.165) is 12.8 Å². The van der Waals surface area contributed by atoms with Crippen LogP contribution in [0.15, 0.2) is 72.3 Å². The SMILES string of the molecule is CC1=Cc2ccccc2C1c1cc2c(c(CCc3ccccc3)c1)CCC2. The quantitative estimate of drug-likeness (QED) is 0.503. The Kier molecular flexibility index (Phi) is 4.20. The first-order valence-electron chi connectivity index (χ1n) is 10.3. The topological polar surface area (TPSA) is 0 Å². The minimum absolute atomic E-state index is 0.433. The van der Waals surface area contributed by atoms with Gasteiger partial charge in [-0.1, -0.05) is 78.4 Å². The smallest absolute Gasteiger partial charge is 0.0305 e. The lowest BCUT2D eigenvalue weighted by atomic mass is 9.85. The van der Waals surface area contributed by atoms with Crippen molar-refractivity contribution in [1.82, 2.24) is 0 Å². The van der Waals surface area contributed by atoms with Gasteiger partial charge in [-0.05, 0) is 78.0 Å². The maximum Gasteiger partial charge on any atom is 0.0305 e. The van der Waals surface area contributed by atoms with Crippen LogP contribution < -0.4 is 0 Å². The molecular weight excluding hydrogens is 324 g/mol. The fourth-order valence-corrected chi connectivity index (χ4v) is 5.06. The molecule has 0 saturated carbocycles. The van der Waals surface area contributed by atoms with E-state index >= 15 is 0 Å². The Hall–Kier alpha value is -2.60. The summed E-state index contributed by atoms with van der Waals surface area (Å²) in [6, 6.07) is 24.9. The van der Waals surface area contributed by atoms with E-state index in [1.807, 2.05) is 0 Å². The number of allylic oxidation sites excluding steroid dienone is 1. The Labute approximate surface area is 162 Å². The third-order valence-electron chi connectivity index (χ3n) is 6.33. The molecule has 1 unspecified atom stereocenters. The van der Waals surface area contributed by atoms with Crippen molar-refractivity contribution in [1.29, 1.82) is 0 Å². The van der Waals surface area contributed by atoms with E-state index < -0.39 is 0 Å². The number of benzene rings is 3. The summed E-state index contributed by atoms with van der Waals surface area (Å²) >= 11 is 0. The summed E-state index contributed by atoms with van der Waals surface area (Å²) in [6.07, 6.45) is 8.47. The van der Waals surface area contributed by atoms with Crippen molar-refractivity contribution in [3.05, 3.63) is 111 Å². The minimum Gasteiger partial charge on any atom is -0.0622 e.